The molecule has 0 spiro atoms. The molecule has 3 rings (SSSR count). The summed E-state index contributed by atoms with van der Waals surface area (Å²) in [5.74, 6) is -1.25. The number of nitrogens with one attached hydrogen (secondary N) is 2. The molecular weight excluding hydrogens is 369 g/mol. The van der Waals surface area contributed by atoms with Gasteiger partial charge in [0.05, 0.1) is 25.5 Å². The van der Waals surface area contributed by atoms with E-state index >= 15 is 0 Å². The van der Waals surface area contributed by atoms with Gasteiger partial charge in [0.2, 0.25) is 5.60 Å². The lowest BCUT2D eigenvalue weighted by Crippen LogP contribution is -2.49. The van der Waals surface area contributed by atoms with E-state index in [4.69, 9.17) is 9.57 Å². The van der Waals surface area contributed by atoms with Crippen molar-refractivity contribution in [3.05, 3.63) is 47.8 Å². The minimum Gasteiger partial charge on any atom is -0.374 e. The van der Waals surface area contributed by atoms with Crippen LogP contribution >= 0.6 is 0 Å². The molecule has 0 radical (unpaired) electrons. The molecule has 2 aliphatic rings. The van der Waals surface area contributed by atoms with E-state index in [1.165, 1.54) is 25.3 Å². The second-order valence-electron chi connectivity index (χ2n) is 6.82. The first-order chi connectivity index (χ1) is 13.4. The van der Waals surface area contributed by atoms with Gasteiger partial charge in [-0.1, -0.05) is 11.7 Å². The van der Waals surface area contributed by atoms with Crippen molar-refractivity contribution in [2.24, 2.45) is 5.16 Å². The van der Waals surface area contributed by atoms with E-state index < -0.39 is 23.5 Å². The van der Waals surface area contributed by atoms with Gasteiger partial charge in [-0.2, -0.15) is 0 Å². The molecule has 2 N–H and O–H groups in total. The molecular formula is C19H22FN3O5. The van der Waals surface area contributed by atoms with Gasteiger partial charge >= 0.3 is 0 Å². The summed E-state index contributed by atoms with van der Waals surface area (Å²) in [6.07, 6.45) is 1.07. The highest BCUT2D eigenvalue weighted by atomic mass is 19.1. The minimum absolute atomic E-state index is 0.117. The first-order valence-corrected chi connectivity index (χ1v) is 8.78. The number of halogens is 1. The Kier molecular flexibility index (Phi) is 5.76. The number of nitrogens with zero attached hydrogens (tertiary/aromatic N) is 1. The normalized spacial score (nSPS) is 26.3. The van der Waals surface area contributed by atoms with Crippen LogP contribution in [0.25, 0.3) is 0 Å². The molecule has 8 nitrogen and oxygen atoms in total. The lowest BCUT2D eigenvalue weighted by atomic mass is 9.92. The second kappa shape index (κ2) is 8.07. The summed E-state index contributed by atoms with van der Waals surface area (Å²) in [7, 11) is 1.33. The van der Waals surface area contributed by atoms with Crippen LogP contribution in [0.15, 0.2) is 36.0 Å². The number of oxime groups is 1. The molecule has 1 fully saturated rings. The van der Waals surface area contributed by atoms with E-state index in [0.29, 0.717) is 17.7 Å². The fourth-order valence-electron chi connectivity index (χ4n) is 3.22. The van der Waals surface area contributed by atoms with Gasteiger partial charge in [0.1, 0.15) is 11.9 Å². The van der Waals surface area contributed by atoms with E-state index in [2.05, 4.69) is 27.4 Å². The van der Waals surface area contributed by atoms with Crippen LogP contribution in [0.4, 0.5) is 4.39 Å². The maximum atomic E-state index is 13.7. The monoisotopic (exact) mass is 391 g/mol. The van der Waals surface area contributed by atoms with Gasteiger partial charge in [0.15, 0.2) is 0 Å². The van der Waals surface area contributed by atoms with Crippen LogP contribution in [0, 0.1) is 12.7 Å². The summed E-state index contributed by atoms with van der Waals surface area (Å²) in [5, 5.41) is 6.79. The Morgan fingerprint density at radius 2 is 2.21 bits per heavy atom. The highest BCUT2D eigenvalue weighted by Gasteiger charge is 2.46. The van der Waals surface area contributed by atoms with E-state index in [1.54, 1.807) is 13.0 Å². The van der Waals surface area contributed by atoms with Gasteiger partial charge in [0, 0.05) is 18.4 Å². The first-order valence-electron chi connectivity index (χ1n) is 8.78. The average Bonchev–Trinajstić information content (AvgIpc) is 3.29. The number of hydrogen-bond donors (Lipinski definition) is 2. The average molecular weight is 391 g/mol. The van der Waals surface area contributed by atoms with Crippen LogP contribution < -0.4 is 10.8 Å². The van der Waals surface area contributed by atoms with Crippen LogP contribution in [-0.2, 0) is 24.0 Å². The predicted molar refractivity (Wildman–Crippen MR) is 97.7 cm³/mol. The quantitative estimate of drug-likeness (QED) is 0.560. The molecule has 0 bridgehead atoms. The molecule has 3 atom stereocenters. The zero-order chi connectivity index (χ0) is 20.3. The maximum absolute atomic E-state index is 13.7. The predicted octanol–water partition coefficient (Wildman–Crippen LogP) is 1.13. The Morgan fingerprint density at radius 3 is 2.89 bits per heavy atom. The number of carbonyl (C=O) groups is 2. The van der Waals surface area contributed by atoms with E-state index in [0.717, 1.165) is 5.56 Å². The van der Waals surface area contributed by atoms with Gasteiger partial charge in [-0.05, 0) is 36.8 Å². The van der Waals surface area contributed by atoms with Crippen molar-refractivity contribution >= 4 is 17.5 Å². The number of benzene rings is 1. The fraction of sp³-hybridized carbons (Fsp3) is 0.421. The van der Waals surface area contributed by atoms with Crippen molar-refractivity contribution in [2.45, 2.75) is 37.5 Å². The molecule has 1 saturated heterocycles. The third-order valence-electron chi connectivity index (χ3n) is 4.67. The zero-order valence-electron chi connectivity index (χ0n) is 15.7. The smallest absolute Gasteiger partial charge is 0.272 e. The number of rotatable bonds is 6. The van der Waals surface area contributed by atoms with Crippen LogP contribution in [0.3, 0.4) is 0 Å². The molecule has 2 heterocycles. The van der Waals surface area contributed by atoms with Crippen LogP contribution in [0.5, 0.6) is 0 Å². The minimum atomic E-state index is -1.40. The Labute approximate surface area is 161 Å². The summed E-state index contributed by atoms with van der Waals surface area (Å²) < 4.78 is 19.1. The third-order valence-corrected chi connectivity index (χ3v) is 4.67. The summed E-state index contributed by atoms with van der Waals surface area (Å²) >= 11 is 0. The SMILES string of the molecule is C=C[C@]1(C(=O)N[C@H]2CO[C@@H](C(=O)NOC)C2)CC(c2cc(C)cc(F)c2)=NO1. The lowest BCUT2D eigenvalue weighted by Gasteiger charge is -2.23. The van der Waals surface area contributed by atoms with Crippen molar-refractivity contribution < 1.29 is 28.4 Å². The summed E-state index contributed by atoms with van der Waals surface area (Å²) in [4.78, 5) is 34.6. The van der Waals surface area contributed by atoms with E-state index in [9.17, 15) is 14.0 Å². The molecule has 0 saturated carbocycles. The fourth-order valence-corrected chi connectivity index (χ4v) is 3.22. The van der Waals surface area contributed by atoms with Crippen LogP contribution in [0.2, 0.25) is 0 Å². The highest BCUT2D eigenvalue weighted by Crippen LogP contribution is 2.29. The molecule has 28 heavy (non-hydrogen) atoms. The first kappa shape index (κ1) is 20.0. The third kappa shape index (κ3) is 4.05. The Balaban J connectivity index is 1.65. The second-order valence-corrected chi connectivity index (χ2v) is 6.82. The topological polar surface area (TPSA) is 98.2 Å². The molecule has 0 aromatic heterocycles. The Hall–Kier alpha value is -2.78. The molecule has 150 valence electrons. The summed E-state index contributed by atoms with van der Waals surface area (Å²) in [6.45, 7) is 5.64. The molecule has 1 aromatic carbocycles. The van der Waals surface area contributed by atoms with Crippen LogP contribution in [0.1, 0.15) is 24.0 Å². The van der Waals surface area contributed by atoms with E-state index in [1.807, 2.05) is 0 Å². The number of carbonyl (C=O) groups excluding carboxylic acids is 2. The van der Waals surface area contributed by atoms with Gasteiger partial charge in [0.25, 0.3) is 11.8 Å². The van der Waals surface area contributed by atoms with E-state index in [-0.39, 0.29) is 24.9 Å². The zero-order valence-corrected chi connectivity index (χ0v) is 15.7. The van der Waals surface area contributed by atoms with Crippen molar-refractivity contribution in [2.75, 3.05) is 13.7 Å². The van der Waals surface area contributed by atoms with Crippen molar-refractivity contribution in [3.63, 3.8) is 0 Å². The number of hydroxylamine groups is 1. The Morgan fingerprint density at radius 1 is 1.43 bits per heavy atom. The van der Waals surface area contributed by atoms with Gasteiger partial charge in [-0.3, -0.25) is 14.4 Å². The van der Waals surface area contributed by atoms with Gasteiger partial charge in [-0.25, -0.2) is 9.87 Å². The summed E-state index contributed by atoms with van der Waals surface area (Å²) in [6, 6.07) is 4.15. The van der Waals surface area contributed by atoms with Crippen molar-refractivity contribution in [3.8, 4) is 0 Å². The van der Waals surface area contributed by atoms with Gasteiger partial charge in [-0.15, -0.1) is 0 Å². The lowest BCUT2D eigenvalue weighted by molar-refractivity contribution is -0.140. The molecule has 9 heteroatoms. The number of hydrogen-bond acceptors (Lipinski definition) is 6. The molecule has 0 unspecified atom stereocenters. The number of ether oxygens (including phenoxy) is 1. The number of amides is 2. The molecule has 2 aliphatic heterocycles. The van der Waals surface area contributed by atoms with Crippen molar-refractivity contribution in [1.29, 1.82) is 0 Å². The molecule has 2 amide bonds. The standard InChI is InChI=1S/C19H22FN3O5/c1-4-19(9-15(22-28-19)12-5-11(2)6-13(20)7-12)18(25)21-14-8-16(27-10-14)17(24)23-26-3/h4-7,14,16H,1,8-10H2,2-3H3,(H,21,25)(H,23,24)/t14-,16-,19-/m1/s1. The molecule has 1 aromatic rings. The number of aryl methyl sites for hydroxylation is 1. The Bertz CT molecular complexity index is 808. The molecule has 0 aliphatic carbocycles. The van der Waals surface area contributed by atoms with Gasteiger partial charge < -0.3 is 14.9 Å². The maximum Gasteiger partial charge on any atom is 0.272 e. The van der Waals surface area contributed by atoms with Crippen LogP contribution in [-0.4, -0.2) is 49.0 Å². The highest BCUT2D eigenvalue weighted by molar-refractivity contribution is 6.06. The van der Waals surface area contributed by atoms with Crippen molar-refractivity contribution in [1.82, 2.24) is 10.8 Å². The summed E-state index contributed by atoms with van der Waals surface area (Å²) in [5.41, 5.74) is 2.55. The largest absolute Gasteiger partial charge is 0.374 e.